The molecule has 0 fully saturated rings. The summed E-state index contributed by atoms with van der Waals surface area (Å²) in [5, 5.41) is 7.24. The number of esters is 1. The van der Waals surface area contributed by atoms with Crippen LogP contribution in [-0.2, 0) is 14.3 Å². The highest BCUT2D eigenvalue weighted by molar-refractivity contribution is 9.10. The maximum atomic E-state index is 12.2. The molecule has 0 saturated heterocycles. The molecule has 21 heavy (non-hydrogen) atoms. The van der Waals surface area contributed by atoms with Gasteiger partial charge in [0.25, 0.3) is 0 Å². The van der Waals surface area contributed by atoms with Crippen molar-refractivity contribution in [2.24, 2.45) is 0 Å². The largest absolute Gasteiger partial charge is 0.460 e. The smallest absolute Gasteiger partial charge is 0.338 e. The first-order chi connectivity index (χ1) is 10.0. The molecule has 1 aromatic rings. The molecule has 8 heteroatoms. The maximum Gasteiger partial charge on any atom is 0.338 e. The lowest BCUT2D eigenvalue weighted by Crippen LogP contribution is -2.45. The predicted molar refractivity (Wildman–Crippen MR) is 82.0 cm³/mol. The molecule has 2 amide bonds. The van der Waals surface area contributed by atoms with Gasteiger partial charge in [0.1, 0.15) is 6.61 Å². The van der Waals surface area contributed by atoms with Gasteiger partial charge in [-0.05, 0) is 28.9 Å². The molecule has 6 nitrogen and oxygen atoms in total. The van der Waals surface area contributed by atoms with Crippen LogP contribution in [0.5, 0.6) is 0 Å². The third-order valence-electron chi connectivity index (χ3n) is 2.88. The Balaban J connectivity index is 2.26. The molecule has 114 valence electrons. The van der Waals surface area contributed by atoms with E-state index in [1.807, 2.05) is 11.4 Å². The second-order valence-corrected chi connectivity index (χ2v) is 6.22. The van der Waals surface area contributed by atoms with Gasteiger partial charge in [0.15, 0.2) is 0 Å². The van der Waals surface area contributed by atoms with Crippen molar-refractivity contribution in [3.63, 3.8) is 0 Å². The number of methoxy groups -OCH3 is 1. The lowest BCUT2D eigenvalue weighted by Gasteiger charge is -2.27. The van der Waals surface area contributed by atoms with Crippen LogP contribution in [0.3, 0.4) is 0 Å². The Kier molecular flexibility index (Phi) is 5.38. The number of halogens is 1. The van der Waals surface area contributed by atoms with E-state index in [0.29, 0.717) is 17.9 Å². The quantitative estimate of drug-likeness (QED) is 0.612. The first-order valence-electron chi connectivity index (χ1n) is 6.21. The van der Waals surface area contributed by atoms with E-state index in [1.54, 1.807) is 6.92 Å². The third kappa shape index (κ3) is 3.84. The van der Waals surface area contributed by atoms with Crippen molar-refractivity contribution in [2.75, 3.05) is 20.3 Å². The summed E-state index contributed by atoms with van der Waals surface area (Å²) in [7, 11) is 1.53. The fourth-order valence-electron chi connectivity index (χ4n) is 1.95. The molecule has 2 heterocycles. The summed E-state index contributed by atoms with van der Waals surface area (Å²) in [6.07, 6.45) is 0. The number of carbonyl (C=O) groups excluding carboxylic acids is 2. The highest BCUT2D eigenvalue weighted by Crippen LogP contribution is 2.33. The first-order valence-corrected chi connectivity index (χ1v) is 7.88. The van der Waals surface area contributed by atoms with Gasteiger partial charge in [0.05, 0.1) is 18.2 Å². The maximum absolute atomic E-state index is 12.2. The molecular weight excluding hydrogens is 360 g/mol. The van der Waals surface area contributed by atoms with E-state index in [2.05, 4.69) is 26.6 Å². The van der Waals surface area contributed by atoms with Crippen LogP contribution in [0.4, 0.5) is 4.79 Å². The van der Waals surface area contributed by atoms with Gasteiger partial charge in [-0.15, -0.1) is 11.3 Å². The Morgan fingerprint density at radius 3 is 2.86 bits per heavy atom. The van der Waals surface area contributed by atoms with Crippen molar-refractivity contribution in [2.45, 2.75) is 13.0 Å². The molecule has 2 N–H and O–H groups in total. The van der Waals surface area contributed by atoms with E-state index in [4.69, 9.17) is 9.47 Å². The topological polar surface area (TPSA) is 76.7 Å². The molecule has 0 saturated carbocycles. The van der Waals surface area contributed by atoms with Crippen LogP contribution in [-0.4, -0.2) is 32.3 Å². The summed E-state index contributed by atoms with van der Waals surface area (Å²) in [4.78, 5) is 24.8. The van der Waals surface area contributed by atoms with Gasteiger partial charge in [0, 0.05) is 27.5 Å². The van der Waals surface area contributed by atoms with Crippen molar-refractivity contribution in [1.82, 2.24) is 10.6 Å². The molecule has 1 atom stereocenters. The molecule has 0 radical (unpaired) electrons. The number of hydrogen-bond donors (Lipinski definition) is 2. The Labute approximate surface area is 134 Å². The van der Waals surface area contributed by atoms with E-state index in [0.717, 1.165) is 9.35 Å². The van der Waals surface area contributed by atoms with Crippen LogP contribution in [0.25, 0.3) is 0 Å². The van der Waals surface area contributed by atoms with Crippen molar-refractivity contribution in [1.29, 1.82) is 0 Å². The predicted octanol–water partition coefficient (Wildman–Crippen LogP) is 2.33. The van der Waals surface area contributed by atoms with Gasteiger partial charge in [-0.25, -0.2) is 9.59 Å². The molecule has 1 aliphatic rings. The van der Waals surface area contributed by atoms with E-state index >= 15 is 0 Å². The lowest BCUT2D eigenvalue weighted by molar-refractivity contribution is -0.140. The number of hydrogen-bond acceptors (Lipinski definition) is 5. The molecule has 0 aliphatic carbocycles. The number of urea groups is 1. The third-order valence-corrected chi connectivity index (χ3v) is 4.64. The molecular formula is C13H15BrN2O4S. The Morgan fingerprint density at radius 2 is 2.24 bits per heavy atom. The SMILES string of the molecule is COCCOC(=O)C1=C(C)NC(=O)N[C@H]1c1cc(Br)cs1. The van der Waals surface area contributed by atoms with E-state index < -0.39 is 12.0 Å². The minimum Gasteiger partial charge on any atom is -0.460 e. The Bertz CT molecular complexity index is 584. The zero-order valence-electron chi connectivity index (χ0n) is 11.6. The van der Waals surface area contributed by atoms with Crippen molar-refractivity contribution < 1.29 is 19.1 Å². The van der Waals surface area contributed by atoms with Crippen LogP contribution < -0.4 is 10.6 Å². The van der Waals surface area contributed by atoms with Crippen LogP contribution in [0.2, 0.25) is 0 Å². The zero-order valence-corrected chi connectivity index (χ0v) is 14.0. The second-order valence-electron chi connectivity index (χ2n) is 4.37. The Hall–Kier alpha value is -1.38. The number of carbonyl (C=O) groups is 2. The standard InChI is InChI=1S/C13H15BrN2O4S/c1-7-10(12(17)20-4-3-19-2)11(16-13(18)15-7)9-5-8(14)6-21-9/h5-6,11H,3-4H2,1-2H3,(H2,15,16,18)/t11-/m0/s1. The molecule has 0 spiro atoms. The van der Waals surface area contributed by atoms with Crippen molar-refractivity contribution in [3.05, 3.63) is 32.1 Å². The van der Waals surface area contributed by atoms with Gasteiger partial charge in [-0.2, -0.15) is 0 Å². The average Bonchev–Trinajstić information content (AvgIpc) is 2.84. The minimum absolute atomic E-state index is 0.168. The first kappa shape index (κ1) is 16.0. The fraction of sp³-hybridized carbons (Fsp3) is 0.385. The lowest BCUT2D eigenvalue weighted by atomic mass is 10.0. The second kappa shape index (κ2) is 7.06. The molecule has 2 rings (SSSR count). The molecule has 1 aliphatic heterocycles. The monoisotopic (exact) mass is 374 g/mol. The zero-order chi connectivity index (χ0) is 15.4. The summed E-state index contributed by atoms with van der Waals surface area (Å²) in [6, 6.07) is 1.02. The van der Waals surface area contributed by atoms with E-state index in [-0.39, 0.29) is 12.6 Å². The molecule has 1 aromatic heterocycles. The highest BCUT2D eigenvalue weighted by Gasteiger charge is 2.33. The fourth-order valence-corrected chi connectivity index (χ4v) is 3.46. The van der Waals surface area contributed by atoms with Crippen LogP contribution in [0.15, 0.2) is 27.2 Å². The van der Waals surface area contributed by atoms with Gasteiger partial charge < -0.3 is 20.1 Å². The summed E-state index contributed by atoms with van der Waals surface area (Å²) in [5.41, 5.74) is 0.899. The average molecular weight is 375 g/mol. The number of thiophene rings is 1. The number of ether oxygens (including phenoxy) is 2. The Morgan fingerprint density at radius 1 is 1.48 bits per heavy atom. The van der Waals surface area contributed by atoms with Crippen molar-refractivity contribution in [3.8, 4) is 0 Å². The number of rotatable bonds is 5. The summed E-state index contributed by atoms with van der Waals surface area (Å²) in [6.45, 7) is 2.18. The van der Waals surface area contributed by atoms with E-state index in [1.165, 1.54) is 18.4 Å². The number of nitrogens with one attached hydrogen (secondary N) is 2. The molecule has 0 bridgehead atoms. The van der Waals surface area contributed by atoms with Gasteiger partial charge in [0.2, 0.25) is 0 Å². The van der Waals surface area contributed by atoms with Crippen molar-refractivity contribution >= 4 is 39.3 Å². The van der Waals surface area contributed by atoms with E-state index in [9.17, 15) is 9.59 Å². The number of amides is 2. The van der Waals surface area contributed by atoms with Crippen LogP contribution in [0.1, 0.15) is 17.8 Å². The summed E-state index contributed by atoms with van der Waals surface area (Å²) >= 11 is 4.82. The normalized spacial score (nSPS) is 18.2. The highest BCUT2D eigenvalue weighted by atomic mass is 79.9. The summed E-state index contributed by atoms with van der Waals surface area (Å²) < 4.78 is 10.9. The van der Waals surface area contributed by atoms with Gasteiger partial charge in [-0.1, -0.05) is 0 Å². The van der Waals surface area contributed by atoms with Gasteiger partial charge in [-0.3, -0.25) is 0 Å². The van der Waals surface area contributed by atoms with Gasteiger partial charge >= 0.3 is 12.0 Å². The van der Waals surface area contributed by atoms with Crippen LogP contribution in [0, 0.1) is 0 Å². The summed E-state index contributed by atoms with van der Waals surface area (Å²) in [5.74, 6) is -0.466. The minimum atomic E-state index is -0.509. The molecule has 0 unspecified atom stereocenters. The molecule has 0 aromatic carbocycles. The van der Waals surface area contributed by atoms with Crippen LogP contribution >= 0.6 is 27.3 Å². The number of allylic oxidation sites excluding steroid dienone is 1.